The van der Waals surface area contributed by atoms with Gasteiger partial charge in [0.15, 0.2) is 0 Å². The van der Waals surface area contributed by atoms with E-state index in [-0.39, 0.29) is 6.42 Å². The Morgan fingerprint density at radius 2 is 2.18 bits per heavy atom. The first-order valence-corrected chi connectivity index (χ1v) is 5.62. The predicted molar refractivity (Wildman–Crippen MR) is 63.8 cm³/mol. The molecule has 0 aromatic heterocycles. The Balaban J connectivity index is 2.53. The molecule has 2 rings (SSSR count). The molecular formula is C13H15NO3. The summed E-state index contributed by atoms with van der Waals surface area (Å²) in [5.41, 5.74) is 3.10. The third-order valence-electron chi connectivity index (χ3n) is 3.25. The highest BCUT2D eigenvalue weighted by atomic mass is 16.4. The highest BCUT2D eigenvalue weighted by Crippen LogP contribution is 2.35. The number of rotatable bonds is 2. The van der Waals surface area contributed by atoms with E-state index >= 15 is 0 Å². The molecule has 1 unspecified atom stereocenters. The highest BCUT2D eigenvalue weighted by molar-refractivity contribution is 6.08. The number of nitrogens with zero attached hydrogens (tertiary/aromatic N) is 1. The van der Waals surface area contributed by atoms with E-state index in [1.807, 2.05) is 18.2 Å². The van der Waals surface area contributed by atoms with Crippen LogP contribution in [0.25, 0.3) is 0 Å². The lowest BCUT2D eigenvalue weighted by atomic mass is 9.96. The number of hydrogen-bond donors (Lipinski definition) is 2. The average Bonchev–Trinajstić information content (AvgIpc) is 2.66. The van der Waals surface area contributed by atoms with Crippen LogP contribution >= 0.6 is 0 Å². The first-order valence-electron chi connectivity index (χ1n) is 5.62. The lowest BCUT2D eigenvalue weighted by molar-refractivity contribution is -0.138. The van der Waals surface area contributed by atoms with Crippen molar-refractivity contribution < 1.29 is 15.1 Å². The molecule has 0 saturated heterocycles. The SMILES string of the molecule is CC(C)c1ccc2c(c1)/C(=N\O)CC2C(=O)O. The fraction of sp³-hybridized carbons (Fsp3) is 0.385. The molecule has 2 N–H and O–H groups in total. The van der Waals surface area contributed by atoms with Gasteiger partial charge in [-0.3, -0.25) is 4.79 Å². The van der Waals surface area contributed by atoms with Gasteiger partial charge in [0.25, 0.3) is 0 Å². The van der Waals surface area contributed by atoms with Crippen molar-refractivity contribution in [2.75, 3.05) is 0 Å². The van der Waals surface area contributed by atoms with Gasteiger partial charge in [-0.15, -0.1) is 0 Å². The van der Waals surface area contributed by atoms with Crippen LogP contribution in [0.5, 0.6) is 0 Å². The second kappa shape index (κ2) is 4.20. The smallest absolute Gasteiger partial charge is 0.311 e. The lowest BCUT2D eigenvalue weighted by Crippen LogP contribution is -2.08. The van der Waals surface area contributed by atoms with Gasteiger partial charge in [0.05, 0.1) is 11.6 Å². The number of oxime groups is 1. The monoisotopic (exact) mass is 233 g/mol. The fourth-order valence-electron chi connectivity index (χ4n) is 2.22. The molecule has 1 aliphatic carbocycles. The van der Waals surface area contributed by atoms with E-state index in [2.05, 4.69) is 19.0 Å². The van der Waals surface area contributed by atoms with Gasteiger partial charge in [0, 0.05) is 12.0 Å². The summed E-state index contributed by atoms with van der Waals surface area (Å²) in [7, 11) is 0. The molecule has 17 heavy (non-hydrogen) atoms. The Morgan fingerprint density at radius 3 is 2.71 bits per heavy atom. The summed E-state index contributed by atoms with van der Waals surface area (Å²) in [6, 6.07) is 5.71. The molecule has 0 bridgehead atoms. The van der Waals surface area contributed by atoms with Crippen molar-refractivity contribution in [1.29, 1.82) is 0 Å². The zero-order valence-corrected chi connectivity index (χ0v) is 9.84. The highest BCUT2D eigenvalue weighted by Gasteiger charge is 2.33. The normalized spacial score (nSPS) is 20.9. The van der Waals surface area contributed by atoms with Gasteiger partial charge in [0.2, 0.25) is 0 Å². The maximum absolute atomic E-state index is 11.1. The van der Waals surface area contributed by atoms with Crippen molar-refractivity contribution >= 4 is 11.7 Å². The molecule has 0 saturated carbocycles. The molecule has 0 amide bonds. The molecule has 1 aromatic rings. The Hall–Kier alpha value is -1.84. The molecule has 4 nitrogen and oxygen atoms in total. The molecule has 1 aliphatic rings. The van der Waals surface area contributed by atoms with Crippen molar-refractivity contribution in [3.8, 4) is 0 Å². The summed E-state index contributed by atoms with van der Waals surface area (Å²) in [5, 5.41) is 21.3. The molecule has 0 spiro atoms. The topological polar surface area (TPSA) is 69.9 Å². The van der Waals surface area contributed by atoms with Crippen LogP contribution in [0, 0.1) is 0 Å². The van der Waals surface area contributed by atoms with Gasteiger partial charge in [-0.05, 0) is 23.1 Å². The van der Waals surface area contributed by atoms with Crippen molar-refractivity contribution in [3.63, 3.8) is 0 Å². The number of carboxylic acids is 1. The van der Waals surface area contributed by atoms with Gasteiger partial charge in [-0.25, -0.2) is 0 Å². The van der Waals surface area contributed by atoms with E-state index in [9.17, 15) is 4.79 Å². The minimum absolute atomic E-state index is 0.267. The van der Waals surface area contributed by atoms with Crippen molar-refractivity contribution in [1.82, 2.24) is 0 Å². The second-order valence-corrected chi connectivity index (χ2v) is 4.64. The summed E-state index contributed by atoms with van der Waals surface area (Å²) in [5.74, 6) is -1.09. The van der Waals surface area contributed by atoms with Gasteiger partial charge in [-0.2, -0.15) is 0 Å². The largest absolute Gasteiger partial charge is 0.481 e. The van der Waals surface area contributed by atoms with E-state index in [1.165, 1.54) is 0 Å². The van der Waals surface area contributed by atoms with Crippen LogP contribution in [-0.2, 0) is 4.79 Å². The molecule has 0 aliphatic heterocycles. The van der Waals surface area contributed by atoms with Gasteiger partial charge >= 0.3 is 5.97 Å². The van der Waals surface area contributed by atoms with Crippen molar-refractivity contribution in [3.05, 3.63) is 34.9 Å². The fourth-order valence-corrected chi connectivity index (χ4v) is 2.22. The second-order valence-electron chi connectivity index (χ2n) is 4.64. The number of carbonyl (C=O) groups is 1. The van der Waals surface area contributed by atoms with Crippen LogP contribution in [0.2, 0.25) is 0 Å². The summed E-state index contributed by atoms with van der Waals surface area (Å²) in [4.78, 5) is 11.1. The maximum Gasteiger partial charge on any atom is 0.311 e. The molecule has 0 heterocycles. The quantitative estimate of drug-likeness (QED) is 0.609. The van der Waals surface area contributed by atoms with Crippen LogP contribution in [0.1, 0.15) is 48.8 Å². The Bertz CT molecular complexity index is 491. The number of aliphatic carboxylic acids is 1. The van der Waals surface area contributed by atoms with Crippen LogP contribution in [0.3, 0.4) is 0 Å². The third-order valence-corrected chi connectivity index (χ3v) is 3.25. The van der Waals surface area contributed by atoms with Crippen LogP contribution in [-0.4, -0.2) is 22.0 Å². The Kier molecular flexibility index (Phi) is 2.88. The molecule has 1 aromatic carbocycles. The minimum atomic E-state index is -0.873. The standard InChI is InChI=1S/C13H15NO3/c1-7(2)8-3-4-9-10(5-8)12(14-17)6-11(9)13(15)16/h3-5,7,11,17H,6H2,1-2H3,(H,15,16)/b14-12-. The van der Waals surface area contributed by atoms with Gasteiger partial charge < -0.3 is 10.3 Å². The summed E-state index contributed by atoms with van der Waals surface area (Å²) < 4.78 is 0. The number of hydrogen-bond acceptors (Lipinski definition) is 3. The molecule has 0 fully saturated rings. The summed E-state index contributed by atoms with van der Waals surface area (Å²) >= 11 is 0. The Labute approximate surface area is 99.6 Å². The van der Waals surface area contributed by atoms with E-state index in [0.717, 1.165) is 16.7 Å². The minimum Gasteiger partial charge on any atom is -0.481 e. The molecule has 1 atom stereocenters. The lowest BCUT2D eigenvalue weighted by Gasteiger charge is -2.09. The molecule has 0 radical (unpaired) electrons. The average molecular weight is 233 g/mol. The molecular weight excluding hydrogens is 218 g/mol. The summed E-state index contributed by atoms with van der Waals surface area (Å²) in [6.07, 6.45) is 0.267. The van der Waals surface area contributed by atoms with E-state index < -0.39 is 11.9 Å². The first kappa shape index (κ1) is 11.6. The van der Waals surface area contributed by atoms with Crippen molar-refractivity contribution in [2.24, 2.45) is 5.16 Å². The number of benzene rings is 1. The van der Waals surface area contributed by atoms with Crippen LogP contribution < -0.4 is 0 Å². The van der Waals surface area contributed by atoms with E-state index in [4.69, 9.17) is 10.3 Å². The van der Waals surface area contributed by atoms with Gasteiger partial charge in [-0.1, -0.05) is 31.1 Å². The third kappa shape index (κ3) is 1.90. The van der Waals surface area contributed by atoms with Gasteiger partial charge in [0.1, 0.15) is 0 Å². The first-order chi connectivity index (χ1) is 8.04. The zero-order valence-electron chi connectivity index (χ0n) is 9.84. The van der Waals surface area contributed by atoms with Crippen molar-refractivity contribution in [2.45, 2.75) is 32.1 Å². The number of fused-ring (bicyclic) bond motifs is 1. The van der Waals surface area contributed by atoms with Crippen LogP contribution in [0.4, 0.5) is 0 Å². The molecule has 90 valence electrons. The molecule has 4 heteroatoms. The zero-order chi connectivity index (χ0) is 12.6. The maximum atomic E-state index is 11.1. The summed E-state index contributed by atoms with van der Waals surface area (Å²) in [6.45, 7) is 4.14. The van der Waals surface area contributed by atoms with E-state index in [1.54, 1.807) is 0 Å². The van der Waals surface area contributed by atoms with E-state index in [0.29, 0.717) is 11.6 Å². The van der Waals surface area contributed by atoms with Crippen LogP contribution in [0.15, 0.2) is 23.4 Å². The number of carboxylic acid groups (broad SMARTS) is 1. The Morgan fingerprint density at radius 1 is 1.47 bits per heavy atom. The predicted octanol–water partition coefficient (Wildman–Crippen LogP) is 2.56.